The zero-order valence-corrected chi connectivity index (χ0v) is 14.2. The molecule has 0 aliphatic heterocycles. The van der Waals surface area contributed by atoms with Crippen LogP contribution in [0.1, 0.15) is 36.8 Å². The van der Waals surface area contributed by atoms with Crippen LogP contribution >= 0.6 is 11.6 Å². The lowest BCUT2D eigenvalue weighted by Crippen LogP contribution is -2.08. The summed E-state index contributed by atoms with van der Waals surface area (Å²) in [5, 5.41) is 0.723. The van der Waals surface area contributed by atoms with Crippen LogP contribution in [0.3, 0.4) is 0 Å². The SMILES string of the molecule is O=CC1(c2cc(F)cc(F)c2)CC1.O=CC1(c2ccc(Cl)cc2)CC1. The van der Waals surface area contributed by atoms with Crippen molar-refractivity contribution in [1.29, 1.82) is 0 Å². The Morgan fingerprint density at radius 2 is 1.20 bits per heavy atom. The monoisotopic (exact) mass is 362 g/mol. The first-order valence-corrected chi connectivity index (χ1v) is 8.46. The van der Waals surface area contributed by atoms with Gasteiger partial charge in [0.25, 0.3) is 0 Å². The van der Waals surface area contributed by atoms with Crippen LogP contribution in [-0.2, 0) is 20.4 Å². The summed E-state index contributed by atoms with van der Waals surface area (Å²) in [5.41, 5.74) is 0.801. The van der Waals surface area contributed by atoms with Crippen LogP contribution in [-0.4, -0.2) is 12.6 Å². The van der Waals surface area contributed by atoms with Gasteiger partial charge < -0.3 is 9.59 Å². The van der Waals surface area contributed by atoms with Crippen LogP contribution in [0.5, 0.6) is 0 Å². The van der Waals surface area contributed by atoms with Gasteiger partial charge in [-0.3, -0.25) is 0 Å². The molecule has 2 aliphatic rings. The molecule has 2 nitrogen and oxygen atoms in total. The summed E-state index contributed by atoms with van der Waals surface area (Å²) in [7, 11) is 0. The fraction of sp³-hybridized carbons (Fsp3) is 0.300. The Morgan fingerprint density at radius 1 is 0.760 bits per heavy atom. The Balaban J connectivity index is 0.000000146. The highest BCUT2D eigenvalue weighted by atomic mass is 35.5. The Bertz CT molecular complexity index is 774. The summed E-state index contributed by atoms with van der Waals surface area (Å²) < 4.78 is 25.5. The van der Waals surface area contributed by atoms with Crippen molar-refractivity contribution in [3.05, 3.63) is 70.2 Å². The van der Waals surface area contributed by atoms with Crippen LogP contribution in [0.4, 0.5) is 8.78 Å². The van der Waals surface area contributed by atoms with E-state index in [2.05, 4.69) is 0 Å². The van der Waals surface area contributed by atoms with Gasteiger partial charge in [0.05, 0.1) is 10.8 Å². The smallest absolute Gasteiger partial charge is 0.130 e. The predicted octanol–water partition coefficient (Wildman–Crippen LogP) is 4.77. The van der Waals surface area contributed by atoms with E-state index in [4.69, 9.17) is 11.6 Å². The van der Waals surface area contributed by atoms with Crippen molar-refractivity contribution in [3.8, 4) is 0 Å². The van der Waals surface area contributed by atoms with E-state index >= 15 is 0 Å². The van der Waals surface area contributed by atoms with Gasteiger partial charge in [-0.15, -0.1) is 0 Å². The summed E-state index contributed by atoms with van der Waals surface area (Å²) >= 11 is 5.74. The lowest BCUT2D eigenvalue weighted by Gasteiger charge is -2.06. The summed E-state index contributed by atoms with van der Waals surface area (Å²) in [5.74, 6) is -1.24. The molecule has 2 aliphatic carbocycles. The minimum atomic E-state index is -0.622. The van der Waals surface area contributed by atoms with Gasteiger partial charge in [-0.2, -0.15) is 0 Å². The van der Waals surface area contributed by atoms with E-state index in [9.17, 15) is 18.4 Å². The van der Waals surface area contributed by atoms with E-state index in [1.54, 1.807) is 0 Å². The molecule has 2 saturated carbocycles. The Kier molecular flexibility index (Phi) is 4.74. The fourth-order valence-electron chi connectivity index (χ4n) is 2.84. The fourth-order valence-corrected chi connectivity index (χ4v) is 2.97. The lowest BCUT2D eigenvalue weighted by molar-refractivity contribution is -0.110. The van der Waals surface area contributed by atoms with E-state index in [0.717, 1.165) is 42.1 Å². The van der Waals surface area contributed by atoms with E-state index in [-0.39, 0.29) is 5.41 Å². The second kappa shape index (κ2) is 6.68. The lowest BCUT2D eigenvalue weighted by atomic mass is 9.98. The molecule has 0 aromatic heterocycles. The minimum Gasteiger partial charge on any atom is -0.302 e. The number of carbonyl (C=O) groups excluding carboxylic acids is 2. The Morgan fingerprint density at radius 3 is 1.60 bits per heavy atom. The topological polar surface area (TPSA) is 34.1 Å². The van der Waals surface area contributed by atoms with E-state index in [0.29, 0.717) is 18.4 Å². The standard InChI is InChI=1S/C10H9ClO.C10H8F2O/c11-9-3-1-8(2-4-9)10(7-12)5-6-10;11-8-3-7(4-9(12)5-8)10(6-13)1-2-10/h1-4,7H,5-6H2;3-6H,1-2H2. The molecule has 0 amide bonds. The molecular formula is C20H17ClF2O2. The van der Waals surface area contributed by atoms with Gasteiger partial charge in [0.2, 0.25) is 0 Å². The number of hydrogen-bond donors (Lipinski definition) is 0. The third kappa shape index (κ3) is 3.79. The Hall–Kier alpha value is -2.07. The number of hydrogen-bond acceptors (Lipinski definition) is 2. The summed E-state index contributed by atoms with van der Waals surface area (Å²) in [6.07, 6.45) is 5.19. The molecule has 0 spiro atoms. The minimum absolute atomic E-state index is 0.162. The molecule has 2 aromatic rings. The van der Waals surface area contributed by atoms with Crippen molar-refractivity contribution in [1.82, 2.24) is 0 Å². The predicted molar refractivity (Wildman–Crippen MR) is 91.8 cm³/mol. The van der Waals surface area contributed by atoms with Gasteiger partial charge >= 0.3 is 0 Å². The van der Waals surface area contributed by atoms with Crippen LogP contribution in [0.2, 0.25) is 5.02 Å². The molecule has 2 aromatic carbocycles. The molecule has 25 heavy (non-hydrogen) atoms. The third-order valence-electron chi connectivity index (χ3n) is 4.89. The molecule has 0 heterocycles. The zero-order valence-electron chi connectivity index (χ0n) is 13.5. The summed E-state index contributed by atoms with van der Waals surface area (Å²) in [4.78, 5) is 21.4. The van der Waals surface area contributed by atoms with Crippen molar-refractivity contribution in [2.75, 3.05) is 0 Å². The second-order valence-electron chi connectivity index (χ2n) is 6.71. The maximum atomic E-state index is 12.8. The molecule has 0 saturated heterocycles. The van der Waals surface area contributed by atoms with Crippen molar-refractivity contribution in [2.45, 2.75) is 36.5 Å². The molecule has 5 heteroatoms. The van der Waals surface area contributed by atoms with Crippen molar-refractivity contribution in [2.24, 2.45) is 0 Å². The molecule has 0 N–H and O–H groups in total. The molecule has 0 atom stereocenters. The van der Waals surface area contributed by atoms with Crippen molar-refractivity contribution >= 4 is 24.2 Å². The van der Waals surface area contributed by atoms with Crippen LogP contribution in [0, 0.1) is 11.6 Å². The number of benzene rings is 2. The third-order valence-corrected chi connectivity index (χ3v) is 5.14. The molecule has 0 unspecified atom stereocenters. The van der Waals surface area contributed by atoms with Gasteiger partial charge in [0, 0.05) is 11.1 Å². The molecule has 0 radical (unpaired) electrons. The Labute approximate surface area is 149 Å². The number of aldehydes is 2. The highest BCUT2D eigenvalue weighted by molar-refractivity contribution is 6.30. The number of rotatable bonds is 4. The average molecular weight is 363 g/mol. The van der Waals surface area contributed by atoms with Crippen LogP contribution in [0.15, 0.2) is 42.5 Å². The highest BCUT2D eigenvalue weighted by Gasteiger charge is 2.45. The largest absolute Gasteiger partial charge is 0.302 e. The first-order valence-electron chi connectivity index (χ1n) is 8.08. The zero-order chi connectivity index (χ0) is 18.1. The molecule has 2 fully saturated rings. The number of halogens is 3. The highest BCUT2D eigenvalue weighted by Crippen LogP contribution is 2.47. The van der Waals surface area contributed by atoms with Crippen molar-refractivity contribution in [3.63, 3.8) is 0 Å². The molecular weight excluding hydrogens is 346 g/mol. The number of carbonyl (C=O) groups is 2. The first-order chi connectivity index (χ1) is 11.9. The van der Waals surface area contributed by atoms with Gasteiger partial charge in [-0.25, -0.2) is 8.78 Å². The maximum absolute atomic E-state index is 12.8. The maximum Gasteiger partial charge on any atom is 0.130 e. The van der Waals surface area contributed by atoms with Crippen LogP contribution < -0.4 is 0 Å². The van der Waals surface area contributed by atoms with Crippen LogP contribution in [0.25, 0.3) is 0 Å². The van der Waals surface area contributed by atoms with Gasteiger partial charge in [0.1, 0.15) is 24.2 Å². The first kappa shape index (κ1) is 17.7. The molecule has 0 bridgehead atoms. The van der Waals surface area contributed by atoms with Gasteiger partial charge in [-0.05, 0) is 61.1 Å². The second-order valence-corrected chi connectivity index (χ2v) is 7.15. The van der Waals surface area contributed by atoms with Gasteiger partial charge in [0.15, 0.2) is 0 Å². The van der Waals surface area contributed by atoms with E-state index < -0.39 is 17.0 Å². The quantitative estimate of drug-likeness (QED) is 0.734. The summed E-state index contributed by atoms with van der Waals surface area (Å²) in [6, 6.07) is 10.8. The van der Waals surface area contributed by atoms with E-state index in [1.807, 2.05) is 24.3 Å². The summed E-state index contributed by atoms with van der Waals surface area (Å²) in [6.45, 7) is 0. The normalized spacial score (nSPS) is 18.5. The molecule has 4 rings (SSSR count). The molecule has 130 valence electrons. The average Bonchev–Trinajstić information content (AvgIpc) is 3.49. The van der Waals surface area contributed by atoms with E-state index in [1.165, 1.54) is 12.1 Å². The van der Waals surface area contributed by atoms with Crippen molar-refractivity contribution < 1.29 is 18.4 Å². The van der Waals surface area contributed by atoms with Gasteiger partial charge in [-0.1, -0.05) is 23.7 Å².